The van der Waals surface area contributed by atoms with Gasteiger partial charge in [-0.05, 0) is 29.4 Å². The molecule has 0 saturated carbocycles. The molecule has 0 radical (unpaired) electrons. The van der Waals surface area contributed by atoms with E-state index in [2.05, 4.69) is 13.8 Å². The summed E-state index contributed by atoms with van der Waals surface area (Å²) in [6, 6.07) is 5.28. The van der Waals surface area contributed by atoms with E-state index in [1.54, 1.807) is 6.07 Å². The normalized spacial score (nSPS) is 12.2. The number of aromatic carboxylic acids is 1. The zero-order valence-corrected chi connectivity index (χ0v) is 11.9. The molecule has 1 unspecified atom stereocenters. The molecule has 0 aromatic heterocycles. The van der Waals surface area contributed by atoms with Gasteiger partial charge in [0.05, 0.1) is 7.11 Å². The SMILES string of the molecule is CCC(C)CSCc1ccc(C(=O)O)c(OC)c1. The predicted octanol–water partition coefficient (Wildman–Crippen LogP) is 3.67. The van der Waals surface area contributed by atoms with Crippen molar-refractivity contribution in [2.45, 2.75) is 26.0 Å². The number of benzene rings is 1. The molecule has 3 nitrogen and oxygen atoms in total. The molecule has 1 rings (SSSR count). The van der Waals surface area contributed by atoms with E-state index in [1.807, 2.05) is 23.9 Å². The van der Waals surface area contributed by atoms with Crippen molar-refractivity contribution in [1.82, 2.24) is 0 Å². The first-order chi connectivity index (χ1) is 8.58. The number of carboxylic acid groups (broad SMARTS) is 1. The fourth-order valence-corrected chi connectivity index (χ4v) is 2.67. The molecular formula is C14H20O3S. The first-order valence-corrected chi connectivity index (χ1v) is 7.21. The van der Waals surface area contributed by atoms with Crippen molar-refractivity contribution in [2.75, 3.05) is 12.9 Å². The molecule has 0 amide bonds. The quantitative estimate of drug-likeness (QED) is 0.819. The molecular weight excluding hydrogens is 248 g/mol. The molecule has 1 atom stereocenters. The summed E-state index contributed by atoms with van der Waals surface area (Å²) in [6.45, 7) is 4.43. The number of carboxylic acids is 1. The summed E-state index contributed by atoms with van der Waals surface area (Å²) in [5.74, 6) is 2.21. The summed E-state index contributed by atoms with van der Waals surface area (Å²) >= 11 is 1.87. The van der Waals surface area contributed by atoms with E-state index < -0.39 is 5.97 Å². The molecule has 0 spiro atoms. The van der Waals surface area contributed by atoms with Gasteiger partial charge in [-0.1, -0.05) is 26.3 Å². The van der Waals surface area contributed by atoms with Crippen LogP contribution in [0.2, 0.25) is 0 Å². The van der Waals surface area contributed by atoms with E-state index in [9.17, 15) is 4.79 Å². The lowest BCUT2D eigenvalue weighted by Crippen LogP contribution is -2.01. The molecule has 1 aromatic rings. The number of hydrogen-bond acceptors (Lipinski definition) is 3. The van der Waals surface area contributed by atoms with Crippen molar-refractivity contribution < 1.29 is 14.6 Å². The monoisotopic (exact) mass is 268 g/mol. The van der Waals surface area contributed by atoms with E-state index in [-0.39, 0.29) is 5.56 Å². The second-order valence-electron chi connectivity index (χ2n) is 4.37. The number of rotatable bonds is 7. The lowest BCUT2D eigenvalue weighted by molar-refractivity contribution is 0.0693. The Morgan fingerprint density at radius 3 is 2.78 bits per heavy atom. The predicted molar refractivity (Wildman–Crippen MR) is 75.6 cm³/mol. The maximum Gasteiger partial charge on any atom is 0.339 e. The Hall–Kier alpha value is -1.16. The minimum atomic E-state index is -0.953. The average Bonchev–Trinajstić information content (AvgIpc) is 2.37. The van der Waals surface area contributed by atoms with Crippen molar-refractivity contribution in [2.24, 2.45) is 5.92 Å². The summed E-state index contributed by atoms with van der Waals surface area (Å²) in [7, 11) is 1.50. The first-order valence-electron chi connectivity index (χ1n) is 6.06. The number of thioether (sulfide) groups is 1. The van der Waals surface area contributed by atoms with Gasteiger partial charge in [0, 0.05) is 5.75 Å². The molecule has 1 N–H and O–H groups in total. The Morgan fingerprint density at radius 1 is 1.50 bits per heavy atom. The summed E-state index contributed by atoms with van der Waals surface area (Å²) in [5, 5.41) is 8.98. The van der Waals surface area contributed by atoms with Crippen LogP contribution in [0.3, 0.4) is 0 Å². The zero-order chi connectivity index (χ0) is 13.5. The van der Waals surface area contributed by atoms with Crippen molar-refractivity contribution >= 4 is 17.7 Å². The Kier molecular flexibility index (Phi) is 6.05. The van der Waals surface area contributed by atoms with Crippen LogP contribution in [-0.2, 0) is 5.75 Å². The minimum Gasteiger partial charge on any atom is -0.496 e. The Labute approximate surface area is 113 Å². The third kappa shape index (κ3) is 4.26. The number of ether oxygens (including phenoxy) is 1. The van der Waals surface area contributed by atoms with Gasteiger partial charge in [-0.15, -0.1) is 0 Å². The standard InChI is InChI=1S/C14H20O3S/c1-4-10(2)8-18-9-11-5-6-12(14(15)16)13(7-11)17-3/h5-7,10H,4,8-9H2,1-3H3,(H,15,16). The van der Waals surface area contributed by atoms with Gasteiger partial charge in [0.2, 0.25) is 0 Å². The van der Waals surface area contributed by atoms with E-state index >= 15 is 0 Å². The minimum absolute atomic E-state index is 0.216. The second kappa shape index (κ2) is 7.31. The van der Waals surface area contributed by atoms with Crippen molar-refractivity contribution in [3.05, 3.63) is 29.3 Å². The van der Waals surface area contributed by atoms with E-state index in [0.29, 0.717) is 5.75 Å². The molecule has 0 aliphatic heterocycles. The van der Waals surface area contributed by atoms with Crippen LogP contribution in [0.4, 0.5) is 0 Å². The van der Waals surface area contributed by atoms with E-state index in [4.69, 9.17) is 9.84 Å². The Balaban J connectivity index is 2.65. The van der Waals surface area contributed by atoms with Gasteiger partial charge in [-0.2, -0.15) is 11.8 Å². The van der Waals surface area contributed by atoms with E-state index in [1.165, 1.54) is 13.5 Å². The van der Waals surface area contributed by atoms with Gasteiger partial charge >= 0.3 is 5.97 Å². The zero-order valence-electron chi connectivity index (χ0n) is 11.1. The van der Waals surface area contributed by atoms with Crippen LogP contribution in [0.15, 0.2) is 18.2 Å². The highest BCUT2D eigenvalue weighted by atomic mass is 32.2. The van der Waals surface area contributed by atoms with Crippen LogP contribution < -0.4 is 4.74 Å². The Bertz CT molecular complexity index is 404. The molecule has 0 bridgehead atoms. The van der Waals surface area contributed by atoms with Gasteiger partial charge in [0.25, 0.3) is 0 Å². The van der Waals surface area contributed by atoms with Gasteiger partial charge < -0.3 is 9.84 Å². The fourth-order valence-electron chi connectivity index (χ4n) is 1.50. The summed E-state index contributed by atoms with van der Waals surface area (Å²) in [5.41, 5.74) is 1.32. The van der Waals surface area contributed by atoms with Crippen LogP contribution in [0.5, 0.6) is 5.75 Å². The van der Waals surface area contributed by atoms with Crippen molar-refractivity contribution in [1.29, 1.82) is 0 Å². The van der Waals surface area contributed by atoms with Gasteiger partial charge in [-0.25, -0.2) is 4.79 Å². The summed E-state index contributed by atoms with van der Waals surface area (Å²) in [6.07, 6.45) is 1.19. The topological polar surface area (TPSA) is 46.5 Å². The number of carbonyl (C=O) groups is 1. The lowest BCUT2D eigenvalue weighted by atomic mass is 10.1. The lowest BCUT2D eigenvalue weighted by Gasteiger charge is -2.10. The first kappa shape index (κ1) is 14.9. The molecule has 0 heterocycles. The smallest absolute Gasteiger partial charge is 0.339 e. The third-order valence-corrected chi connectivity index (χ3v) is 4.21. The molecule has 0 aliphatic rings. The highest BCUT2D eigenvalue weighted by Gasteiger charge is 2.11. The van der Waals surface area contributed by atoms with Crippen molar-refractivity contribution in [3.8, 4) is 5.75 Å². The van der Waals surface area contributed by atoms with Crippen LogP contribution in [0.1, 0.15) is 36.2 Å². The molecule has 100 valence electrons. The highest BCUT2D eigenvalue weighted by Crippen LogP contribution is 2.24. The van der Waals surface area contributed by atoms with Crippen LogP contribution in [0.25, 0.3) is 0 Å². The molecule has 1 aromatic carbocycles. The molecule has 18 heavy (non-hydrogen) atoms. The molecule has 0 saturated heterocycles. The molecule has 4 heteroatoms. The van der Waals surface area contributed by atoms with E-state index in [0.717, 1.165) is 23.0 Å². The molecule has 0 fully saturated rings. The van der Waals surface area contributed by atoms with Gasteiger partial charge in [0.15, 0.2) is 0 Å². The molecule has 0 aliphatic carbocycles. The third-order valence-electron chi connectivity index (χ3n) is 2.86. The number of hydrogen-bond donors (Lipinski definition) is 1. The highest BCUT2D eigenvalue weighted by molar-refractivity contribution is 7.98. The van der Waals surface area contributed by atoms with Gasteiger partial charge in [-0.3, -0.25) is 0 Å². The van der Waals surface area contributed by atoms with Crippen LogP contribution >= 0.6 is 11.8 Å². The maximum absolute atomic E-state index is 10.9. The fraction of sp³-hybridized carbons (Fsp3) is 0.500. The Morgan fingerprint density at radius 2 is 2.22 bits per heavy atom. The average molecular weight is 268 g/mol. The largest absolute Gasteiger partial charge is 0.496 e. The summed E-state index contributed by atoms with van der Waals surface area (Å²) in [4.78, 5) is 10.9. The maximum atomic E-state index is 10.9. The van der Waals surface area contributed by atoms with Crippen LogP contribution in [0, 0.1) is 5.92 Å². The summed E-state index contributed by atoms with van der Waals surface area (Å²) < 4.78 is 5.11. The number of methoxy groups -OCH3 is 1. The van der Waals surface area contributed by atoms with Crippen molar-refractivity contribution in [3.63, 3.8) is 0 Å². The van der Waals surface area contributed by atoms with Crippen LogP contribution in [-0.4, -0.2) is 23.9 Å². The van der Waals surface area contributed by atoms with Gasteiger partial charge in [0.1, 0.15) is 11.3 Å². The second-order valence-corrected chi connectivity index (χ2v) is 5.40.